The zero-order valence-electron chi connectivity index (χ0n) is 9.91. The van der Waals surface area contributed by atoms with Gasteiger partial charge in [0.1, 0.15) is 6.10 Å². The zero-order valence-corrected chi connectivity index (χ0v) is 9.91. The van der Waals surface area contributed by atoms with Crippen molar-refractivity contribution in [2.24, 2.45) is 11.8 Å². The molecule has 0 radical (unpaired) electrons. The normalized spacial score (nSPS) is 33.2. The van der Waals surface area contributed by atoms with Crippen LogP contribution in [-0.2, 0) is 9.53 Å². The molecule has 3 rings (SSSR count). The number of carbonyl (C=O) groups excluding carboxylic acids is 1. The van der Waals surface area contributed by atoms with Gasteiger partial charge in [0.15, 0.2) is 11.5 Å². The highest BCUT2D eigenvalue weighted by Crippen LogP contribution is 2.64. The molecule has 94 valence electrons. The minimum absolute atomic E-state index is 0.0678. The maximum absolute atomic E-state index is 11.0. The van der Waals surface area contributed by atoms with Crippen molar-refractivity contribution < 1.29 is 19.7 Å². The summed E-state index contributed by atoms with van der Waals surface area (Å²) in [6.45, 7) is 1.29. The largest absolute Gasteiger partial charge is 0.506 e. The van der Waals surface area contributed by atoms with E-state index in [9.17, 15) is 15.0 Å². The standard InChI is InChI=1S/C14H14O4/c1-7(15)18-14-11-9(8-5-3-2-4-6-8)10(11)12(16)13(14)17/h2-6,9-12,16-17H,1H3. The number of ether oxygens (including phenoxy) is 1. The smallest absolute Gasteiger partial charge is 0.307 e. The molecule has 18 heavy (non-hydrogen) atoms. The predicted molar refractivity (Wildman–Crippen MR) is 63.6 cm³/mol. The van der Waals surface area contributed by atoms with Gasteiger partial charge in [-0.3, -0.25) is 4.79 Å². The third-order valence-electron chi connectivity index (χ3n) is 3.71. The molecular weight excluding hydrogens is 232 g/mol. The van der Waals surface area contributed by atoms with Crippen molar-refractivity contribution >= 4 is 5.97 Å². The Bertz CT molecular complexity index is 520. The Morgan fingerprint density at radius 2 is 1.89 bits per heavy atom. The first-order valence-corrected chi connectivity index (χ1v) is 5.95. The fourth-order valence-electron chi connectivity index (χ4n) is 2.94. The second-order valence-electron chi connectivity index (χ2n) is 4.83. The summed E-state index contributed by atoms with van der Waals surface area (Å²) < 4.78 is 5.03. The first-order chi connectivity index (χ1) is 8.61. The molecule has 1 aromatic carbocycles. The highest BCUT2D eigenvalue weighted by Gasteiger charge is 2.64. The first-order valence-electron chi connectivity index (χ1n) is 5.95. The van der Waals surface area contributed by atoms with Crippen molar-refractivity contribution in [1.29, 1.82) is 0 Å². The number of fused-ring (bicyclic) bond motifs is 1. The van der Waals surface area contributed by atoms with Crippen molar-refractivity contribution in [2.75, 3.05) is 0 Å². The van der Waals surface area contributed by atoms with Gasteiger partial charge in [-0.25, -0.2) is 0 Å². The van der Waals surface area contributed by atoms with Crippen LogP contribution in [0.25, 0.3) is 0 Å². The average Bonchev–Trinajstić information content (AvgIpc) is 3.04. The van der Waals surface area contributed by atoms with Crippen LogP contribution < -0.4 is 0 Å². The summed E-state index contributed by atoms with van der Waals surface area (Å²) in [6, 6.07) is 9.77. The van der Waals surface area contributed by atoms with Gasteiger partial charge in [0.2, 0.25) is 0 Å². The van der Waals surface area contributed by atoms with E-state index < -0.39 is 12.1 Å². The average molecular weight is 246 g/mol. The van der Waals surface area contributed by atoms with Crippen LogP contribution in [0.2, 0.25) is 0 Å². The summed E-state index contributed by atoms with van der Waals surface area (Å²) in [4.78, 5) is 11.0. The molecule has 2 aliphatic rings. The Hall–Kier alpha value is -1.81. The van der Waals surface area contributed by atoms with Gasteiger partial charge >= 0.3 is 5.97 Å². The van der Waals surface area contributed by atoms with E-state index in [0.29, 0.717) is 0 Å². The van der Waals surface area contributed by atoms with Crippen LogP contribution in [0.1, 0.15) is 18.4 Å². The number of aliphatic hydroxyl groups is 2. The number of allylic oxidation sites excluding steroid dienone is 1. The van der Waals surface area contributed by atoms with Crippen molar-refractivity contribution in [3.05, 3.63) is 47.4 Å². The number of rotatable bonds is 2. The first kappa shape index (κ1) is 11.3. The molecule has 0 aromatic heterocycles. The lowest BCUT2D eigenvalue weighted by Crippen LogP contribution is -2.13. The number of hydrogen-bond donors (Lipinski definition) is 2. The number of carbonyl (C=O) groups is 1. The van der Waals surface area contributed by atoms with E-state index in [2.05, 4.69) is 0 Å². The van der Waals surface area contributed by atoms with Crippen molar-refractivity contribution in [2.45, 2.75) is 18.9 Å². The molecule has 2 N–H and O–H groups in total. The van der Waals surface area contributed by atoms with E-state index in [-0.39, 0.29) is 29.3 Å². The molecule has 0 heterocycles. The van der Waals surface area contributed by atoms with Gasteiger partial charge in [-0.05, 0) is 5.56 Å². The van der Waals surface area contributed by atoms with Crippen molar-refractivity contribution in [1.82, 2.24) is 0 Å². The van der Waals surface area contributed by atoms with E-state index in [1.807, 2.05) is 30.3 Å². The summed E-state index contributed by atoms with van der Waals surface area (Å²) in [5.74, 6) is -0.427. The van der Waals surface area contributed by atoms with Crippen LogP contribution in [0.3, 0.4) is 0 Å². The number of esters is 1. The van der Waals surface area contributed by atoms with Gasteiger partial charge in [0.25, 0.3) is 0 Å². The van der Waals surface area contributed by atoms with Gasteiger partial charge in [0, 0.05) is 24.7 Å². The minimum Gasteiger partial charge on any atom is -0.506 e. The fraction of sp³-hybridized carbons (Fsp3) is 0.357. The summed E-state index contributed by atoms with van der Waals surface area (Å²) in [5, 5.41) is 19.6. The highest BCUT2D eigenvalue weighted by molar-refractivity contribution is 5.68. The lowest BCUT2D eigenvalue weighted by atomic mass is 10.0. The van der Waals surface area contributed by atoms with Crippen LogP contribution in [0, 0.1) is 11.8 Å². The number of aliphatic hydroxyl groups excluding tert-OH is 2. The maximum atomic E-state index is 11.0. The van der Waals surface area contributed by atoms with E-state index in [0.717, 1.165) is 5.56 Å². The molecule has 4 nitrogen and oxygen atoms in total. The van der Waals surface area contributed by atoms with E-state index in [4.69, 9.17) is 4.74 Å². The van der Waals surface area contributed by atoms with E-state index in [1.165, 1.54) is 6.92 Å². The Kier molecular flexibility index (Phi) is 2.41. The predicted octanol–water partition coefficient (Wildman–Crippen LogP) is 1.72. The Balaban J connectivity index is 1.88. The second kappa shape index (κ2) is 3.85. The highest BCUT2D eigenvalue weighted by atomic mass is 16.5. The van der Waals surface area contributed by atoms with E-state index in [1.54, 1.807) is 0 Å². The summed E-state index contributed by atoms with van der Waals surface area (Å²) >= 11 is 0. The summed E-state index contributed by atoms with van der Waals surface area (Å²) in [7, 11) is 0. The van der Waals surface area contributed by atoms with E-state index >= 15 is 0 Å². The van der Waals surface area contributed by atoms with Crippen LogP contribution in [0.15, 0.2) is 41.9 Å². The second-order valence-corrected chi connectivity index (χ2v) is 4.83. The molecule has 2 aliphatic carbocycles. The van der Waals surface area contributed by atoms with Gasteiger partial charge in [-0.1, -0.05) is 30.3 Å². The Labute approximate surface area is 105 Å². The van der Waals surface area contributed by atoms with Crippen LogP contribution in [-0.4, -0.2) is 22.3 Å². The lowest BCUT2D eigenvalue weighted by Gasteiger charge is -2.11. The van der Waals surface area contributed by atoms with Gasteiger partial charge in [-0.2, -0.15) is 0 Å². The third kappa shape index (κ3) is 1.53. The van der Waals surface area contributed by atoms with Crippen LogP contribution in [0.5, 0.6) is 0 Å². The number of benzene rings is 1. The minimum atomic E-state index is -0.922. The molecule has 1 aromatic rings. The van der Waals surface area contributed by atoms with Crippen molar-refractivity contribution in [3.8, 4) is 0 Å². The number of hydrogen-bond acceptors (Lipinski definition) is 4. The monoisotopic (exact) mass is 246 g/mol. The molecule has 4 heteroatoms. The molecule has 0 spiro atoms. The Morgan fingerprint density at radius 3 is 2.50 bits per heavy atom. The molecular formula is C14H14O4. The van der Waals surface area contributed by atoms with Crippen molar-refractivity contribution in [3.63, 3.8) is 0 Å². The molecule has 0 saturated heterocycles. The molecule has 0 aliphatic heterocycles. The fourth-order valence-corrected chi connectivity index (χ4v) is 2.94. The summed E-state index contributed by atoms with van der Waals surface area (Å²) in [6.07, 6.45) is -0.922. The molecule has 0 bridgehead atoms. The SMILES string of the molecule is CC(=O)OC1=C(O)C(O)C2C1C2c1ccccc1. The van der Waals surface area contributed by atoms with Gasteiger partial charge in [-0.15, -0.1) is 0 Å². The molecule has 4 unspecified atom stereocenters. The van der Waals surface area contributed by atoms with Crippen LogP contribution >= 0.6 is 0 Å². The quantitative estimate of drug-likeness (QED) is 0.780. The summed E-state index contributed by atoms with van der Waals surface area (Å²) in [5.41, 5.74) is 1.10. The lowest BCUT2D eigenvalue weighted by molar-refractivity contribution is -0.137. The van der Waals surface area contributed by atoms with Crippen LogP contribution in [0.4, 0.5) is 0 Å². The third-order valence-corrected chi connectivity index (χ3v) is 3.71. The molecule has 1 saturated carbocycles. The molecule has 0 amide bonds. The zero-order chi connectivity index (χ0) is 12.9. The maximum Gasteiger partial charge on any atom is 0.307 e. The van der Waals surface area contributed by atoms with Gasteiger partial charge in [0.05, 0.1) is 0 Å². The topological polar surface area (TPSA) is 66.8 Å². The molecule has 1 fully saturated rings. The Morgan fingerprint density at radius 1 is 1.22 bits per heavy atom. The van der Waals surface area contributed by atoms with Gasteiger partial charge < -0.3 is 14.9 Å². The molecule has 4 atom stereocenters.